The molecule has 0 aromatic heterocycles. The normalized spacial score (nSPS) is 12.8. The third-order valence-corrected chi connectivity index (χ3v) is 2.92. The van der Waals surface area contributed by atoms with Gasteiger partial charge in [0.25, 0.3) is 0 Å². The number of ether oxygens (including phenoxy) is 1. The number of hydrogen-bond donors (Lipinski definition) is 2. The zero-order valence-corrected chi connectivity index (χ0v) is 10.8. The standard InChI is InChI=1S/C14H22O3/c1-10(2)11-6-7-12(14(9-11)17-3)13(16)5-4-8-15/h6-7,9-10,13,15-16H,4-5,8H2,1-3H3. The lowest BCUT2D eigenvalue weighted by molar-refractivity contribution is 0.148. The fourth-order valence-corrected chi connectivity index (χ4v) is 1.80. The first-order valence-corrected chi connectivity index (χ1v) is 6.07. The average Bonchev–Trinajstić information content (AvgIpc) is 2.34. The van der Waals surface area contributed by atoms with Crippen LogP contribution in [-0.2, 0) is 0 Å². The summed E-state index contributed by atoms with van der Waals surface area (Å²) in [6.07, 6.45) is 0.572. The Kier molecular flexibility index (Phi) is 5.45. The molecular formula is C14H22O3. The Bertz CT molecular complexity index is 347. The third-order valence-electron chi connectivity index (χ3n) is 2.92. The van der Waals surface area contributed by atoms with Crippen molar-refractivity contribution in [3.63, 3.8) is 0 Å². The smallest absolute Gasteiger partial charge is 0.124 e. The van der Waals surface area contributed by atoms with Gasteiger partial charge in [0.05, 0.1) is 13.2 Å². The van der Waals surface area contributed by atoms with Crippen molar-refractivity contribution < 1.29 is 14.9 Å². The predicted octanol–water partition coefficient (Wildman–Crippen LogP) is 2.62. The van der Waals surface area contributed by atoms with Gasteiger partial charge in [0.2, 0.25) is 0 Å². The van der Waals surface area contributed by atoms with E-state index < -0.39 is 6.10 Å². The van der Waals surface area contributed by atoms with Crippen molar-refractivity contribution in [3.05, 3.63) is 29.3 Å². The molecule has 0 radical (unpaired) electrons. The lowest BCUT2D eigenvalue weighted by Gasteiger charge is -2.16. The molecule has 0 aliphatic rings. The van der Waals surface area contributed by atoms with E-state index in [2.05, 4.69) is 13.8 Å². The fourth-order valence-electron chi connectivity index (χ4n) is 1.80. The summed E-state index contributed by atoms with van der Waals surface area (Å²) in [6.45, 7) is 4.34. The topological polar surface area (TPSA) is 49.7 Å². The van der Waals surface area contributed by atoms with E-state index >= 15 is 0 Å². The number of benzene rings is 1. The van der Waals surface area contributed by atoms with E-state index in [-0.39, 0.29) is 6.61 Å². The summed E-state index contributed by atoms with van der Waals surface area (Å²) >= 11 is 0. The summed E-state index contributed by atoms with van der Waals surface area (Å²) in [5.74, 6) is 1.16. The summed E-state index contributed by atoms with van der Waals surface area (Å²) in [7, 11) is 1.61. The van der Waals surface area contributed by atoms with E-state index in [4.69, 9.17) is 9.84 Å². The van der Waals surface area contributed by atoms with Gasteiger partial charge < -0.3 is 14.9 Å². The first-order chi connectivity index (χ1) is 8.10. The van der Waals surface area contributed by atoms with Crippen molar-refractivity contribution in [3.8, 4) is 5.75 Å². The minimum Gasteiger partial charge on any atom is -0.496 e. The molecule has 0 aliphatic carbocycles. The summed E-state index contributed by atoms with van der Waals surface area (Å²) < 4.78 is 5.31. The molecule has 0 amide bonds. The Morgan fingerprint density at radius 3 is 2.53 bits per heavy atom. The second kappa shape index (κ2) is 6.62. The van der Waals surface area contributed by atoms with Gasteiger partial charge in [0.15, 0.2) is 0 Å². The molecule has 0 heterocycles. The lowest BCUT2D eigenvalue weighted by Crippen LogP contribution is -2.03. The van der Waals surface area contributed by atoms with Gasteiger partial charge in [-0.2, -0.15) is 0 Å². The average molecular weight is 238 g/mol. The quantitative estimate of drug-likeness (QED) is 0.801. The molecule has 96 valence electrons. The predicted molar refractivity (Wildman–Crippen MR) is 68.4 cm³/mol. The van der Waals surface area contributed by atoms with Gasteiger partial charge in [-0.15, -0.1) is 0 Å². The maximum atomic E-state index is 10.0. The van der Waals surface area contributed by atoms with Crippen molar-refractivity contribution in [1.29, 1.82) is 0 Å². The maximum absolute atomic E-state index is 10.0. The molecule has 1 aromatic carbocycles. The van der Waals surface area contributed by atoms with Crippen LogP contribution in [-0.4, -0.2) is 23.9 Å². The third kappa shape index (κ3) is 3.72. The van der Waals surface area contributed by atoms with Crippen LogP contribution in [0.15, 0.2) is 18.2 Å². The van der Waals surface area contributed by atoms with E-state index in [1.54, 1.807) is 7.11 Å². The molecule has 1 atom stereocenters. The van der Waals surface area contributed by atoms with Crippen LogP contribution in [0.25, 0.3) is 0 Å². The van der Waals surface area contributed by atoms with Gasteiger partial charge >= 0.3 is 0 Å². The Morgan fingerprint density at radius 1 is 1.29 bits per heavy atom. The highest BCUT2D eigenvalue weighted by molar-refractivity contribution is 5.40. The Labute approximate surface area is 103 Å². The van der Waals surface area contributed by atoms with E-state index in [0.29, 0.717) is 18.8 Å². The van der Waals surface area contributed by atoms with E-state index in [9.17, 15) is 5.11 Å². The highest BCUT2D eigenvalue weighted by Crippen LogP contribution is 2.31. The van der Waals surface area contributed by atoms with Crippen LogP contribution in [0.5, 0.6) is 5.75 Å². The number of methoxy groups -OCH3 is 1. The summed E-state index contributed by atoms with van der Waals surface area (Å²) in [6, 6.07) is 5.91. The zero-order valence-electron chi connectivity index (χ0n) is 10.8. The van der Waals surface area contributed by atoms with Crippen LogP contribution in [0.3, 0.4) is 0 Å². The second-order valence-corrected chi connectivity index (χ2v) is 4.54. The largest absolute Gasteiger partial charge is 0.496 e. The fraction of sp³-hybridized carbons (Fsp3) is 0.571. The van der Waals surface area contributed by atoms with Crippen molar-refractivity contribution in [1.82, 2.24) is 0 Å². The Morgan fingerprint density at radius 2 is 2.00 bits per heavy atom. The van der Waals surface area contributed by atoms with Crippen LogP contribution in [0.2, 0.25) is 0 Å². The molecule has 0 saturated heterocycles. The van der Waals surface area contributed by atoms with Gasteiger partial charge in [-0.05, 0) is 30.4 Å². The van der Waals surface area contributed by atoms with Crippen LogP contribution in [0.4, 0.5) is 0 Å². The minimum absolute atomic E-state index is 0.101. The van der Waals surface area contributed by atoms with E-state index in [1.807, 2.05) is 18.2 Å². The number of aliphatic hydroxyl groups is 2. The molecule has 0 saturated carbocycles. The number of aliphatic hydroxyl groups excluding tert-OH is 2. The summed E-state index contributed by atoms with van der Waals surface area (Å²) in [5, 5.41) is 18.8. The van der Waals surface area contributed by atoms with Gasteiger partial charge in [0.1, 0.15) is 5.75 Å². The monoisotopic (exact) mass is 238 g/mol. The number of hydrogen-bond acceptors (Lipinski definition) is 3. The molecule has 0 spiro atoms. The molecule has 1 aromatic rings. The van der Waals surface area contributed by atoms with Crippen LogP contribution < -0.4 is 4.74 Å². The van der Waals surface area contributed by atoms with Gasteiger partial charge in [0, 0.05) is 12.2 Å². The molecule has 0 bridgehead atoms. The SMILES string of the molecule is COc1cc(C(C)C)ccc1C(O)CCCO. The van der Waals surface area contributed by atoms with Crippen molar-refractivity contribution in [2.24, 2.45) is 0 Å². The molecule has 17 heavy (non-hydrogen) atoms. The first kappa shape index (κ1) is 14.0. The minimum atomic E-state index is -0.571. The first-order valence-electron chi connectivity index (χ1n) is 6.07. The Hall–Kier alpha value is -1.06. The molecule has 3 nitrogen and oxygen atoms in total. The molecule has 2 N–H and O–H groups in total. The Balaban J connectivity index is 2.91. The molecular weight excluding hydrogens is 216 g/mol. The van der Waals surface area contributed by atoms with Gasteiger partial charge in [-0.1, -0.05) is 26.0 Å². The van der Waals surface area contributed by atoms with Crippen LogP contribution >= 0.6 is 0 Å². The van der Waals surface area contributed by atoms with Crippen LogP contribution in [0.1, 0.15) is 49.8 Å². The summed E-state index contributed by atoms with van der Waals surface area (Å²) in [4.78, 5) is 0. The zero-order chi connectivity index (χ0) is 12.8. The van der Waals surface area contributed by atoms with Crippen molar-refractivity contribution in [2.45, 2.75) is 38.7 Å². The van der Waals surface area contributed by atoms with Gasteiger partial charge in [-0.3, -0.25) is 0 Å². The molecule has 0 aliphatic heterocycles. The molecule has 1 unspecified atom stereocenters. The highest BCUT2D eigenvalue weighted by atomic mass is 16.5. The number of rotatable bonds is 6. The molecule has 1 rings (SSSR count). The maximum Gasteiger partial charge on any atom is 0.124 e. The van der Waals surface area contributed by atoms with E-state index in [0.717, 1.165) is 11.3 Å². The van der Waals surface area contributed by atoms with E-state index in [1.165, 1.54) is 5.56 Å². The second-order valence-electron chi connectivity index (χ2n) is 4.54. The summed E-state index contributed by atoms with van der Waals surface area (Å²) in [5.41, 5.74) is 1.99. The molecule has 3 heteroatoms. The lowest BCUT2D eigenvalue weighted by atomic mass is 9.97. The van der Waals surface area contributed by atoms with Crippen LogP contribution in [0, 0.1) is 0 Å². The van der Waals surface area contributed by atoms with Gasteiger partial charge in [-0.25, -0.2) is 0 Å². The highest BCUT2D eigenvalue weighted by Gasteiger charge is 2.14. The van der Waals surface area contributed by atoms with Crippen molar-refractivity contribution in [2.75, 3.05) is 13.7 Å². The van der Waals surface area contributed by atoms with Crippen molar-refractivity contribution >= 4 is 0 Å². The molecule has 0 fully saturated rings.